The van der Waals surface area contributed by atoms with E-state index in [-0.39, 0.29) is 6.10 Å². The molecular formula is C17H16N2O2. The number of benzene rings is 1. The Kier molecular flexibility index (Phi) is 3.85. The number of aliphatic hydroxyl groups excluding tert-OH is 1. The van der Waals surface area contributed by atoms with Gasteiger partial charge in [0.1, 0.15) is 24.1 Å². The quantitative estimate of drug-likeness (QED) is 0.938. The van der Waals surface area contributed by atoms with Crippen molar-refractivity contribution in [3.63, 3.8) is 0 Å². The zero-order valence-corrected chi connectivity index (χ0v) is 11.6. The molecule has 0 saturated heterocycles. The maximum absolute atomic E-state index is 10.0. The van der Waals surface area contributed by atoms with Crippen molar-refractivity contribution in [2.75, 3.05) is 0 Å². The highest BCUT2D eigenvalue weighted by molar-refractivity contribution is 5.43. The Morgan fingerprint density at radius 1 is 1.38 bits per heavy atom. The zero-order valence-electron chi connectivity index (χ0n) is 11.6. The third-order valence-electron chi connectivity index (χ3n) is 3.77. The molecule has 0 aliphatic heterocycles. The number of pyridine rings is 1. The van der Waals surface area contributed by atoms with Crippen LogP contribution in [0.1, 0.15) is 41.3 Å². The Morgan fingerprint density at radius 3 is 3.14 bits per heavy atom. The van der Waals surface area contributed by atoms with E-state index in [2.05, 4.69) is 4.98 Å². The average Bonchev–Trinajstić information content (AvgIpc) is 2.53. The predicted molar refractivity (Wildman–Crippen MR) is 77.6 cm³/mol. The number of fused-ring (bicyclic) bond motifs is 1. The lowest BCUT2D eigenvalue weighted by Crippen LogP contribution is -2.11. The van der Waals surface area contributed by atoms with E-state index in [0.29, 0.717) is 12.3 Å². The molecule has 1 aliphatic carbocycles. The predicted octanol–water partition coefficient (Wildman–Crippen LogP) is 2.90. The highest BCUT2D eigenvalue weighted by Gasteiger charge is 2.20. The number of aromatic nitrogens is 1. The summed E-state index contributed by atoms with van der Waals surface area (Å²) in [5, 5.41) is 18.9. The Bertz CT molecular complexity index is 691. The lowest BCUT2D eigenvalue weighted by Gasteiger charge is -2.23. The van der Waals surface area contributed by atoms with Crippen LogP contribution in [0.25, 0.3) is 0 Å². The summed E-state index contributed by atoms with van der Waals surface area (Å²) in [5.74, 6) is 0.821. The summed E-state index contributed by atoms with van der Waals surface area (Å²) in [6, 6.07) is 11.4. The molecule has 0 fully saturated rings. The molecule has 2 aromatic rings. The number of rotatable bonds is 3. The van der Waals surface area contributed by atoms with Gasteiger partial charge in [0.2, 0.25) is 0 Å². The van der Waals surface area contributed by atoms with E-state index in [1.807, 2.05) is 30.3 Å². The minimum Gasteiger partial charge on any atom is -0.489 e. The minimum absolute atomic E-state index is 0.386. The van der Waals surface area contributed by atoms with Gasteiger partial charge in [-0.25, -0.2) is 4.98 Å². The smallest absolute Gasteiger partial charge is 0.140 e. The van der Waals surface area contributed by atoms with E-state index in [0.717, 1.165) is 41.7 Å². The average molecular weight is 280 g/mol. The molecule has 0 saturated carbocycles. The second-order valence-electron chi connectivity index (χ2n) is 5.18. The number of ether oxygens (including phenoxy) is 1. The summed E-state index contributed by atoms with van der Waals surface area (Å²) in [5.41, 5.74) is 3.38. The Morgan fingerprint density at radius 2 is 2.29 bits per heavy atom. The lowest BCUT2D eigenvalue weighted by atomic mass is 9.89. The van der Waals surface area contributed by atoms with E-state index in [4.69, 9.17) is 10.00 Å². The molecular weight excluding hydrogens is 264 g/mol. The Hall–Kier alpha value is -2.38. The Balaban J connectivity index is 1.79. The van der Waals surface area contributed by atoms with Gasteiger partial charge in [0.05, 0.1) is 6.10 Å². The van der Waals surface area contributed by atoms with Crippen molar-refractivity contribution in [1.82, 2.24) is 4.98 Å². The molecule has 4 nitrogen and oxygen atoms in total. The Labute approximate surface area is 123 Å². The van der Waals surface area contributed by atoms with Crippen LogP contribution in [0.5, 0.6) is 5.75 Å². The minimum atomic E-state index is -0.386. The van der Waals surface area contributed by atoms with Gasteiger partial charge in [-0.3, -0.25) is 0 Å². The molecule has 4 heteroatoms. The molecule has 1 aromatic carbocycles. The van der Waals surface area contributed by atoms with Gasteiger partial charge in [0.15, 0.2) is 0 Å². The first-order chi connectivity index (χ1) is 10.3. The normalized spacial score (nSPS) is 16.9. The van der Waals surface area contributed by atoms with Gasteiger partial charge >= 0.3 is 0 Å². The lowest BCUT2D eigenvalue weighted by molar-refractivity contribution is 0.155. The zero-order chi connectivity index (χ0) is 14.7. The van der Waals surface area contributed by atoms with Crippen LogP contribution < -0.4 is 4.74 Å². The third kappa shape index (κ3) is 2.88. The summed E-state index contributed by atoms with van der Waals surface area (Å²) in [4.78, 5) is 3.94. The van der Waals surface area contributed by atoms with E-state index in [1.165, 1.54) is 0 Å². The van der Waals surface area contributed by atoms with E-state index >= 15 is 0 Å². The topological polar surface area (TPSA) is 66.1 Å². The van der Waals surface area contributed by atoms with Crippen LogP contribution in [-0.4, -0.2) is 10.1 Å². The molecule has 3 rings (SSSR count). The van der Waals surface area contributed by atoms with Crippen molar-refractivity contribution in [1.29, 1.82) is 5.26 Å². The molecule has 1 N–H and O–H groups in total. The van der Waals surface area contributed by atoms with E-state index in [9.17, 15) is 5.11 Å². The van der Waals surface area contributed by atoms with Crippen molar-refractivity contribution in [2.24, 2.45) is 0 Å². The summed E-state index contributed by atoms with van der Waals surface area (Å²) >= 11 is 0. The first-order valence-electron chi connectivity index (χ1n) is 7.05. The van der Waals surface area contributed by atoms with Gasteiger partial charge in [-0.05, 0) is 54.2 Å². The van der Waals surface area contributed by atoms with Crippen molar-refractivity contribution in [2.45, 2.75) is 32.0 Å². The van der Waals surface area contributed by atoms with Crippen LogP contribution in [-0.2, 0) is 13.0 Å². The second kappa shape index (κ2) is 5.94. The fourth-order valence-electron chi connectivity index (χ4n) is 2.71. The fraction of sp³-hybridized carbons (Fsp3) is 0.294. The molecule has 1 unspecified atom stereocenters. The van der Waals surface area contributed by atoms with E-state index < -0.39 is 0 Å². The summed E-state index contributed by atoms with van der Waals surface area (Å²) in [6.07, 6.45) is 3.95. The maximum Gasteiger partial charge on any atom is 0.140 e. The second-order valence-corrected chi connectivity index (χ2v) is 5.18. The highest BCUT2D eigenvalue weighted by Crippen LogP contribution is 2.35. The number of hydrogen-bond donors (Lipinski definition) is 1. The van der Waals surface area contributed by atoms with Gasteiger partial charge in [0.25, 0.3) is 0 Å². The SMILES string of the molecule is N#Cc1cc(COc2cccc3c2CCCC3O)ccn1. The van der Waals surface area contributed by atoms with Crippen LogP contribution in [0, 0.1) is 11.3 Å². The van der Waals surface area contributed by atoms with Crippen molar-refractivity contribution in [3.05, 3.63) is 58.9 Å². The van der Waals surface area contributed by atoms with Crippen molar-refractivity contribution >= 4 is 0 Å². The molecule has 21 heavy (non-hydrogen) atoms. The van der Waals surface area contributed by atoms with E-state index in [1.54, 1.807) is 12.3 Å². The van der Waals surface area contributed by atoms with Crippen LogP contribution >= 0.6 is 0 Å². The molecule has 1 aromatic heterocycles. The van der Waals surface area contributed by atoms with Crippen LogP contribution in [0.3, 0.4) is 0 Å². The van der Waals surface area contributed by atoms with Gasteiger partial charge in [-0.2, -0.15) is 5.26 Å². The molecule has 106 valence electrons. The first-order valence-corrected chi connectivity index (χ1v) is 7.05. The first kappa shape index (κ1) is 13.6. The molecule has 1 atom stereocenters. The molecule has 0 radical (unpaired) electrons. The van der Waals surface area contributed by atoms with Crippen LogP contribution in [0.2, 0.25) is 0 Å². The van der Waals surface area contributed by atoms with Crippen LogP contribution in [0.4, 0.5) is 0 Å². The van der Waals surface area contributed by atoms with Crippen molar-refractivity contribution < 1.29 is 9.84 Å². The molecule has 1 heterocycles. The largest absolute Gasteiger partial charge is 0.489 e. The molecule has 0 spiro atoms. The van der Waals surface area contributed by atoms with Gasteiger partial charge in [0, 0.05) is 6.20 Å². The van der Waals surface area contributed by atoms with Gasteiger partial charge in [-0.15, -0.1) is 0 Å². The van der Waals surface area contributed by atoms with Crippen molar-refractivity contribution in [3.8, 4) is 11.8 Å². The van der Waals surface area contributed by atoms with Gasteiger partial charge in [-0.1, -0.05) is 12.1 Å². The van der Waals surface area contributed by atoms with Crippen LogP contribution in [0.15, 0.2) is 36.5 Å². The summed E-state index contributed by atoms with van der Waals surface area (Å²) in [7, 11) is 0. The number of nitriles is 1. The highest BCUT2D eigenvalue weighted by atomic mass is 16.5. The van der Waals surface area contributed by atoms with Gasteiger partial charge < -0.3 is 9.84 Å². The monoisotopic (exact) mass is 280 g/mol. The number of nitrogens with zero attached hydrogens (tertiary/aromatic N) is 2. The summed E-state index contributed by atoms with van der Waals surface area (Å²) in [6.45, 7) is 0.393. The maximum atomic E-state index is 10.0. The molecule has 1 aliphatic rings. The summed E-state index contributed by atoms with van der Waals surface area (Å²) < 4.78 is 5.89. The fourth-order valence-corrected chi connectivity index (χ4v) is 2.71. The number of aliphatic hydroxyl groups is 1. The third-order valence-corrected chi connectivity index (χ3v) is 3.77. The molecule has 0 bridgehead atoms. The standard InChI is InChI=1S/C17H16N2O2/c18-10-13-9-12(7-8-19-13)11-21-17-6-2-3-14-15(17)4-1-5-16(14)20/h2-3,6-9,16,20H,1,4-5,11H2. The number of hydrogen-bond acceptors (Lipinski definition) is 4. The molecule has 0 amide bonds.